The minimum absolute atomic E-state index is 0.557. The molecule has 4 aromatic rings. The Kier molecular flexibility index (Phi) is 2.78. The summed E-state index contributed by atoms with van der Waals surface area (Å²) in [6.45, 7) is 1.13. The van der Waals surface area contributed by atoms with Crippen LogP contribution in [0.5, 0.6) is 11.5 Å². The zero-order valence-electron chi connectivity index (χ0n) is 12.6. The highest BCUT2D eigenvalue weighted by molar-refractivity contribution is 5.80. The van der Waals surface area contributed by atoms with Gasteiger partial charge in [-0.15, -0.1) is 5.10 Å². The molecule has 7 heteroatoms. The molecule has 3 aromatic heterocycles. The van der Waals surface area contributed by atoms with Crippen LogP contribution in [-0.2, 0) is 0 Å². The first-order valence-corrected chi connectivity index (χ1v) is 7.63. The van der Waals surface area contributed by atoms with Gasteiger partial charge in [-0.2, -0.15) is 0 Å². The number of hydrogen-bond donors (Lipinski definition) is 1. The van der Waals surface area contributed by atoms with E-state index in [9.17, 15) is 0 Å². The van der Waals surface area contributed by atoms with E-state index in [1.807, 2.05) is 42.7 Å². The summed E-state index contributed by atoms with van der Waals surface area (Å²) < 4.78 is 12.9. The maximum absolute atomic E-state index is 5.62. The van der Waals surface area contributed by atoms with E-state index in [1.165, 1.54) is 0 Å². The average Bonchev–Trinajstić information content (AvgIpc) is 3.30. The van der Waals surface area contributed by atoms with E-state index >= 15 is 0 Å². The number of benzene rings is 1. The third kappa shape index (κ3) is 2.10. The van der Waals surface area contributed by atoms with Crippen molar-refractivity contribution in [2.24, 2.45) is 0 Å². The zero-order chi connectivity index (χ0) is 15.9. The fourth-order valence-corrected chi connectivity index (χ4v) is 2.78. The Bertz CT molecular complexity index is 1040. The van der Waals surface area contributed by atoms with Crippen molar-refractivity contribution >= 4 is 11.0 Å². The van der Waals surface area contributed by atoms with Crippen molar-refractivity contribution in [2.75, 3.05) is 13.2 Å². The van der Waals surface area contributed by atoms with Gasteiger partial charge in [0.2, 0.25) is 0 Å². The van der Waals surface area contributed by atoms with Crippen molar-refractivity contribution in [3.05, 3.63) is 48.9 Å². The number of H-pyrrole nitrogens is 1. The standard InChI is InChI=1S/C17H13N5O2/c1-2-15-16(24-6-5-23-15)8-13(1)22-10-14(20-21-22)12-7-11-3-4-18-17(11)19-9-12/h1-4,7-10H,5-6H2,(H,18,19). The first kappa shape index (κ1) is 13.1. The molecule has 0 unspecified atom stereocenters. The van der Waals surface area contributed by atoms with Gasteiger partial charge in [-0.3, -0.25) is 0 Å². The predicted octanol–water partition coefficient (Wildman–Crippen LogP) is 2.58. The van der Waals surface area contributed by atoms with Crippen molar-refractivity contribution < 1.29 is 9.47 Å². The van der Waals surface area contributed by atoms with E-state index in [2.05, 4.69) is 20.3 Å². The van der Waals surface area contributed by atoms with E-state index in [0.717, 1.165) is 39.5 Å². The third-order valence-electron chi connectivity index (χ3n) is 3.98. The van der Waals surface area contributed by atoms with Gasteiger partial charge in [-0.05, 0) is 24.3 Å². The molecule has 0 aliphatic carbocycles. The van der Waals surface area contributed by atoms with E-state index in [0.29, 0.717) is 13.2 Å². The van der Waals surface area contributed by atoms with Gasteiger partial charge in [0.05, 0.1) is 11.9 Å². The second-order valence-electron chi connectivity index (χ2n) is 5.52. The molecule has 1 aromatic carbocycles. The predicted molar refractivity (Wildman–Crippen MR) is 87.4 cm³/mol. The summed E-state index contributed by atoms with van der Waals surface area (Å²) in [5.41, 5.74) is 3.41. The highest BCUT2D eigenvalue weighted by Crippen LogP contribution is 2.32. The molecule has 1 aliphatic rings. The summed E-state index contributed by atoms with van der Waals surface area (Å²) in [5, 5.41) is 9.51. The van der Waals surface area contributed by atoms with Crippen molar-refractivity contribution in [2.45, 2.75) is 0 Å². The zero-order valence-corrected chi connectivity index (χ0v) is 12.6. The lowest BCUT2D eigenvalue weighted by molar-refractivity contribution is 0.171. The molecular formula is C17H13N5O2. The molecule has 1 N–H and O–H groups in total. The van der Waals surface area contributed by atoms with Crippen molar-refractivity contribution in [1.82, 2.24) is 25.0 Å². The fraction of sp³-hybridized carbons (Fsp3) is 0.118. The number of aromatic amines is 1. The molecule has 0 fully saturated rings. The van der Waals surface area contributed by atoms with Crippen molar-refractivity contribution in [3.8, 4) is 28.4 Å². The van der Waals surface area contributed by atoms with E-state index in [4.69, 9.17) is 9.47 Å². The molecule has 5 rings (SSSR count). The molecule has 0 radical (unpaired) electrons. The summed E-state index contributed by atoms with van der Waals surface area (Å²) in [5.74, 6) is 1.48. The SMILES string of the molecule is c1cc2cc(-c3cn(-c4ccc5c(c4)OCCO5)nn3)cnc2[nH]1. The molecule has 0 spiro atoms. The van der Waals surface area contributed by atoms with Crippen LogP contribution >= 0.6 is 0 Å². The molecule has 118 valence electrons. The molecule has 0 amide bonds. The Balaban J connectivity index is 1.52. The van der Waals surface area contributed by atoms with Crippen LogP contribution in [0, 0.1) is 0 Å². The second kappa shape index (κ2) is 5.09. The molecule has 0 atom stereocenters. The maximum atomic E-state index is 5.62. The van der Waals surface area contributed by atoms with Gasteiger partial charge in [-0.25, -0.2) is 9.67 Å². The van der Waals surface area contributed by atoms with Gasteiger partial charge in [0.1, 0.15) is 24.6 Å². The molecule has 4 heterocycles. The number of ether oxygens (including phenoxy) is 2. The number of fused-ring (bicyclic) bond motifs is 2. The molecule has 0 bridgehead atoms. The highest BCUT2D eigenvalue weighted by atomic mass is 16.6. The first-order chi connectivity index (χ1) is 11.9. The van der Waals surface area contributed by atoms with Gasteiger partial charge >= 0.3 is 0 Å². The van der Waals surface area contributed by atoms with Crippen molar-refractivity contribution in [3.63, 3.8) is 0 Å². The van der Waals surface area contributed by atoms with Gasteiger partial charge in [0.25, 0.3) is 0 Å². The number of nitrogens with one attached hydrogen (secondary N) is 1. The van der Waals surface area contributed by atoms with Crippen LogP contribution in [-0.4, -0.2) is 38.2 Å². The Morgan fingerprint density at radius 1 is 1.04 bits per heavy atom. The molecular weight excluding hydrogens is 306 g/mol. The van der Waals surface area contributed by atoms with E-state index in [1.54, 1.807) is 10.9 Å². The summed E-state index contributed by atoms with van der Waals surface area (Å²) >= 11 is 0. The molecule has 24 heavy (non-hydrogen) atoms. The number of rotatable bonds is 2. The average molecular weight is 319 g/mol. The second-order valence-corrected chi connectivity index (χ2v) is 5.52. The van der Waals surface area contributed by atoms with E-state index < -0.39 is 0 Å². The Morgan fingerprint density at radius 2 is 1.96 bits per heavy atom. The monoisotopic (exact) mass is 319 g/mol. The van der Waals surface area contributed by atoms with Crippen LogP contribution in [0.15, 0.2) is 48.9 Å². The molecule has 1 aliphatic heterocycles. The molecule has 0 saturated heterocycles. The number of hydrogen-bond acceptors (Lipinski definition) is 5. The van der Waals surface area contributed by atoms with Crippen LogP contribution in [0.25, 0.3) is 28.0 Å². The third-order valence-corrected chi connectivity index (χ3v) is 3.98. The lowest BCUT2D eigenvalue weighted by Crippen LogP contribution is -2.15. The quantitative estimate of drug-likeness (QED) is 0.614. The number of aromatic nitrogens is 5. The lowest BCUT2D eigenvalue weighted by atomic mass is 10.2. The number of pyridine rings is 1. The van der Waals surface area contributed by atoms with Crippen LogP contribution in [0.4, 0.5) is 0 Å². The van der Waals surface area contributed by atoms with Crippen LogP contribution in [0.1, 0.15) is 0 Å². The van der Waals surface area contributed by atoms with E-state index in [-0.39, 0.29) is 0 Å². The van der Waals surface area contributed by atoms with Gasteiger partial charge in [0, 0.05) is 29.4 Å². The summed E-state index contributed by atoms with van der Waals surface area (Å²) in [7, 11) is 0. The van der Waals surface area contributed by atoms with Crippen LogP contribution < -0.4 is 9.47 Å². The summed E-state index contributed by atoms with van der Waals surface area (Å²) in [4.78, 5) is 7.47. The molecule has 0 saturated carbocycles. The normalized spacial score (nSPS) is 13.3. The smallest absolute Gasteiger partial charge is 0.163 e. The van der Waals surface area contributed by atoms with Gasteiger partial charge < -0.3 is 14.5 Å². The Hall–Kier alpha value is -3.35. The minimum Gasteiger partial charge on any atom is -0.486 e. The van der Waals surface area contributed by atoms with Crippen LogP contribution in [0.3, 0.4) is 0 Å². The Labute approximate surface area is 136 Å². The molecule has 7 nitrogen and oxygen atoms in total. The fourth-order valence-electron chi connectivity index (χ4n) is 2.78. The summed E-state index contributed by atoms with van der Waals surface area (Å²) in [6, 6.07) is 9.74. The Morgan fingerprint density at radius 3 is 2.92 bits per heavy atom. The maximum Gasteiger partial charge on any atom is 0.163 e. The highest BCUT2D eigenvalue weighted by Gasteiger charge is 2.14. The number of nitrogens with zero attached hydrogens (tertiary/aromatic N) is 4. The first-order valence-electron chi connectivity index (χ1n) is 7.63. The topological polar surface area (TPSA) is 77.8 Å². The lowest BCUT2D eigenvalue weighted by Gasteiger charge is -2.18. The van der Waals surface area contributed by atoms with Crippen molar-refractivity contribution in [1.29, 1.82) is 0 Å². The van der Waals surface area contributed by atoms with Gasteiger partial charge in [-0.1, -0.05) is 5.21 Å². The summed E-state index contributed by atoms with van der Waals surface area (Å²) in [6.07, 6.45) is 5.53. The van der Waals surface area contributed by atoms with Crippen LogP contribution in [0.2, 0.25) is 0 Å². The minimum atomic E-state index is 0.557. The largest absolute Gasteiger partial charge is 0.486 e. The van der Waals surface area contributed by atoms with Gasteiger partial charge in [0.15, 0.2) is 11.5 Å².